The topological polar surface area (TPSA) is 27.6 Å². The molecule has 1 N–H and O–H groups in total. The Balaban J connectivity index is 2.38. The number of guanidine groups is 1. The highest BCUT2D eigenvalue weighted by Crippen LogP contribution is 2.00. The van der Waals surface area contributed by atoms with Crippen molar-refractivity contribution >= 4 is 5.96 Å². The number of allylic oxidation sites excluding steroid dienone is 1. The Labute approximate surface area is 86.9 Å². The van der Waals surface area contributed by atoms with Gasteiger partial charge in [0.25, 0.3) is 0 Å². The Hall–Kier alpha value is -0.990. The van der Waals surface area contributed by atoms with E-state index in [1.54, 1.807) is 0 Å². The van der Waals surface area contributed by atoms with Gasteiger partial charge in [0.15, 0.2) is 5.96 Å². The summed E-state index contributed by atoms with van der Waals surface area (Å²) in [6.45, 7) is 9.38. The first-order valence-corrected chi connectivity index (χ1v) is 5.45. The second-order valence-electron chi connectivity index (χ2n) is 3.83. The third-order valence-corrected chi connectivity index (χ3v) is 2.08. The second kappa shape index (κ2) is 5.68. The van der Waals surface area contributed by atoms with Crippen LogP contribution in [0.2, 0.25) is 0 Å². The van der Waals surface area contributed by atoms with Gasteiger partial charge in [0.05, 0.1) is 6.54 Å². The van der Waals surface area contributed by atoms with Crippen molar-refractivity contribution in [3.8, 4) is 0 Å². The van der Waals surface area contributed by atoms with Crippen molar-refractivity contribution in [3.63, 3.8) is 0 Å². The molecule has 0 spiro atoms. The Kier molecular flexibility index (Phi) is 4.50. The lowest BCUT2D eigenvalue weighted by atomic mass is 10.4. The van der Waals surface area contributed by atoms with Crippen molar-refractivity contribution in [2.75, 3.05) is 19.6 Å². The van der Waals surface area contributed by atoms with E-state index in [-0.39, 0.29) is 0 Å². The lowest BCUT2D eigenvalue weighted by molar-refractivity contribution is 0.480. The fraction of sp³-hybridized carbons (Fsp3) is 0.727. The Bertz CT molecular complexity index is 219. The predicted octanol–water partition coefficient (Wildman–Crippen LogP) is 1.62. The summed E-state index contributed by atoms with van der Waals surface area (Å²) in [6, 6.07) is 0.463. The van der Waals surface area contributed by atoms with Crippen LogP contribution in [0.4, 0.5) is 0 Å². The summed E-state index contributed by atoms with van der Waals surface area (Å²) < 4.78 is 0. The van der Waals surface area contributed by atoms with E-state index in [9.17, 15) is 0 Å². The fourth-order valence-electron chi connectivity index (χ4n) is 1.42. The summed E-state index contributed by atoms with van der Waals surface area (Å²) in [6.07, 6.45) is 5.52. The molecule has 0 radical (unpaired) electrons. The Morgan fingerprint density at radius 2 is 2.29 bits per heavy atom. The van der Waals surface area contributed by atoms with E-state index in [4.69, 9.17) is 0 Å². The van der Waals surface area contributed by atoms with Crippen LogP contribution in [0.3, 0.4) is 0 Å². The highest BCUT2D eigenvalue weighted by atomic mass is 15.3. The number of nitrogens with one attached hydrogen (secondary N) is 1. The first-order chi connectivity index (χ1) is 6.74. The molecule has 0 aliphatic carbocycles. The van der Waals surface area contributed by atoms with Crippen molar-refractivity contribution in [2.24, 2.45) is 4.99 Å². The molecule has 1 rings (SSSR count). The average molecular weight is 195 g/mol. The van der Waals surface area contributed by atoms with E-state index >= 15 is 0 Å². The maximum atomic E-state index is 4.43. The minimum atomic E-state index is 0.463. The van der Waals surface area contributed by atoms with Gasteiger partial charge in [0.2, 0.25) is 0 Å². The van der Waals surface area contributed by atoms with Gasteiger partial charge in [-0.1, -0.05) is 19.1 Å². The molecule has 3 heteroatoms. The lowest BCUT2D eigenvalue weighted by Gasteiger charge is -2.21. The third kappa shape index (κ3) is 3.40. The molecule has 0 aromatic carbocycles. The fourth-order valence-corrected chi connectivity index (χ4v) is 1.42. The molecule has 0 amide bonds. The number of rotatable bonds is 4. The van der Waals surface area contributed by atoms with Crippen LogP contribution in [0.25, 0.3) is 0 Å². The van der Waals surface area contributed by atoms with E-state index in [1.807, 2.05) is 0 Å². The van der Waals surface area contributed by atoms with Gasteiger partial charge in [-0.15, -0.1) is 0 Å². The van der Waals surface area contributed by atoms with Crippen LogP contribution in [0.5, 0.6) is 0 Å². The van der Waals surface area contributed by atoms with E-state index in [2.05, 4.69) is 48.1 Å². The number of aliphatic imine (C=N–C) groups is 1. The zero-order valence-electron chi connectivity index (χ0n) is 9.45. The summed E-state index contributed by atoms with van der Waals surface area (Å²) in [5, 5.41) is 3.36. The van der Waals surface area contributed by atoms with Crippen molar-refractivity contribution in [1.82, 2.24) is 10.2 Å². The van der Waals surface area contributed by atoms with E-state index in [0.717, 1.165) is 32.0 Å². The summed E-state index contributed by atoms with van der Waals surface area (Å²) in [7, 11) is 0. The Morgan fingerprint density at radius 1 is 1.50 bits per heavy atom. The molecule has 1 aliphatic rings. The smallest absolute Gasteiger partial charge is 0.194 e. The SMILES string of the molecule is CC/C=C/CN1CCN=C1NC(C)C. The molecule has 0 aromatic heterocycles. The van der Waals surface area contributed by atoms with Crippen molar-refractivity contribution in [2.45, 2.75) is 33.2 Å². The molecule has 0 unspecified atom stereocenters. The van der Waals surface area contributed by atoms with E-state index in [0.29, 0.717) is 6.04 Å². The lowest BCUT2D eigenvalue weighted by Crippen LogP contribution is -2.41. The van der Waals surface area contributed by atoms with Gasteiger partial charge < -0.3 is 10.2 Å². The van der Waals surface area contributed by atoms with Crippen LogP contribution in [0, 0.1) is 0 Å². The molecule has 0 aromatic rings. The highest BCUT2D eigenvalue weighted by Gasteiger charge is 2.15. The van der Waals surface area contributed by atoms with E-state index < -0.39 is 0 Å². The molecule has 14 heavy (non-hydrogen) atoms. The molecule has 0 bridgehead atoms. The van der Waals surface area contributed by atoms with Crippen molar-refractivity contribution < 1.29 is 0 Å². The number of nitrogens with zero attached hydrogens (tertiary/aromatic N) is 2. The maximum absolute atomic E-state index is 4.43. The first-order valence-electron chi connectivity index (χ1n) is 5.45. The molecular weight excluding hydrogens is 174 g/mol. The zero-order valence-corrected chi connectivity index (χ0v) is 9.45. The quantitative estimate of drug-likeness (QED) is 0.690. The predicted molar refractivity (Wildman–Crippen MR) is 61.6 cm³/mol. The molecule has 0 fully saturated rings. The van der Waals surface area contributed by atoms with E-state index in [1.165, 1.54) is 0 Å². The average Bonchev–Trinajstić information content (AvgIpc) is 2.52. The van der Waals surface area contributed by atoms with Gasteiger partial charge >= 0.3 is 0 Å². The molecule has 0 saturated carbocycles. The second-order valence-corrected chi connectivity index (χ2v) is 3.83. The van der Waals surface area contributed by atoms with Gasteiger partial charge in [-0.2, -0.15) is 0 Å². The van der Waals surface area contributed by atoms with Crippen LogP contribution in [-0.2, 0) is 0 Å². The third-order valence-electron chi connectivity index (χ3n) is 2.08. The number of hydrogen-bond donors (Lipinski definition) is 1. The molecule has 0 atom stereocenters. The van der Waals surface area contributed by atoms with Crippen LogP contribution < -0.4 is 5.32 Å². The van der Waals surface area contributed by atoms with Crippen LogP contribution in [0.1, 0.15) is 27.2 Å². The maximum Gasteiger partial charge on any atom is 0.194 e. The zero-order chi connectivity index (χ0) is 10.4. The summed E-state index contributed by atoms with van der Waals surface area (Å²) in [5.74, 6) is 1.06. The van der Waals surface area contributed by atoms with Gasteiger partial charge in [-0.25, -0.2) is 0 Å². The molecule has 1 heterocycles. The first kappa shape index (κ1) is 11.1. The normalized spacial score (nSPS) is 16.9. The Morgan fingerprint density at radius 3 is 2.93 bits per heavy atom. The summed E-state index contributed by atoms with van der Waals surface area (Å²) in [5.41, 5.74) is 0. The molecular formula is C11H21N3. The summed E-state index contributed by atoms with van der Waals surface area (Å²) in [4.78, 5) is 6.72. The highest BCUT2D eigenvalue weighted by molar-refractivity contribution is 5.81. The minimum Gasteiger partial charge on any atom is -0.354 e. The van der Waals surface area contributed by atoms with Crippen LogP contribution in [-0.4, -0.2) is 36.5 Å². The molecule has 1 aliphatic heterocycles. The molecule has 0 saturated heterocycles. The van der Waals surface area contributed by atoms with Crippen LogP contribution >= 0.6 is 0 Å². The molecule has 80 valence electrons. The van der Waals surface area contributed by atoms with Crippen molar-refractivity contribution in [1.29, 1.82) is 0 Å². The van der Waals surface area contributed by atoms with Crippen LogP contribution in [0.15, 0.2) is 17.1 Å². The minimum absolute atomic E-state index is 0.463. The largest absolute Gasteiger partial charge is 0.354 e. The monoisotopic (exact) mass is 195 g/mol. The summed E-state index contributed by atoms with van der Waals surface area (Å²) >= 11 is 0. The van der Waals surface area contributed by atoms with Gasteiger partial charge in [0, 0.05) is 19.1 Å². The van der Waals surface area contributed by atoms with Gasteiger partial charge in [-0.3, -0.25) is 4.99 Å². The molecule has 3 nitrogen and oxygen atoms in total. The van der Waals surface area contributed by atoms with Gasteiger partial charge in [0.1, 0.15) is 0 Å². The van der Waals surface area contributed by atoms with Gasteiger partial charge in [-0.05, 0) is 20.3 Å². The standard InChI is InChI=1S/C11H21N3/c1-4-5-6-8-14-9-7-12-11(14)13-10(2)3/h5-6,10H,4,7-9H2,1-3H3,(H,12,13)/b6-5+. The number of hydrogen-bond acceptors (Lipinski definition) is 3. The van der Waals surface area contributed by atoms with Crippen molar-refractivity contribution in [3.05, 3.63) is 12.2 Å².